The van der Waals surface area contributed by atoms with Gasteiger partial charge in [-0.15, -0.1) is 0 Å². The van der Waals surface area contributed by atoms with Crippen molar-refractivity contribution in [3.05, 3.63) is 0 Å². The molecule has 13 heavy (non-hydrogen) atoms. The van der Waals surface area contributed by atoms with Gasteiger partial charge in [-0.2, -0.15) is 16.8 Å². The first-order valence-corrected chi connectivity index (χ1v) is 6.33. The first-order valence-electron chi connectivity index (χ1n) is 3.11. The minimum absolute atomic E-state index is 0. The molecule has 0 saturated carbocycles. The van der Waals surface area contributed by atoms with Gasteiger partial charge in [0.05, 0.1) is 11.5 Å². The van der Waals surface area contributed by atoms with Gasteiger partial charge >= 0.3 is 18.9 Å². The molecule has 0 fully saturated rings. The van der Waals surface area contributed by atoms with Gasteiger partial charge in [0.2, 0.25) is 0 Å². The summed E-state index contributed by atoms with van der Waals surface area (Å²) in [6.07, 6.45) is 0.0250. The van der Waals surface area contributed by atoms with Crippen molar-refractivity contribution in [2.45, 2.75) is 12.8 Å². The fraction of sp³-hybridized carbons (Fsp3) is 1.00. The van der Waals surface area contributed by atoms with Gasteiger partial charge in [-0.1, -0.05) is 0 Å². The monoisotopic (exact) mass is 226 g/mol. The molecular formula is C4H11LiO6S2. The summed E-state index contributed by atoms with van der Waals surface area (Å²) in [5.41, 5.74) is 0. The fourth-order valence-corrected chi connectivity index (χ4v) is 1.71. The van der Waals surface area contributed by atoms with E-state index in [-0.39, 0.29) is 31.7 Å². The first-order chi connectivity index (χ1) is 5.21. The molecule has 0 saturated heterocycles. The van der Waals surface area contributed by atoms with Gasteiger partial charge in [0.15, 0.2) is 0 Å². The SMILES string of the molecule is O=S(=O)(O)CCCCS(=O)(=O)O.[LiH]. The Bertz CT molecular complexity index is 283. The molecule has 0 atom stereocenters. The fourth-order valence-electron chi connectivity index (χ4n) is 0.569. The van der Waals surface area contributed by atoms with Crippen molar-refractivity contribution >= 4 is 39.1 Å². The summed E-state index contributed by atoms with van der Waals surface area (Å²) in [7, 11) is -8.04. The molecule has 0 heterocycles. The van der Waals surface area contributed by atoms with Gasteiger partial charge in [0, 0.05) is 0 Å². The van der Waals surface area contributed by atoms with Crippen molar-refractivity contribution in [1.29, 1.82) is 0 Å². The van der Waals surface area contributed by atoms with Crippen LogP contribution < -0.4 is 0 Å². The van der Waals surface area contributed by atoms with Crippen LogP contribution in [0.2, 0.25) is 0 Å². The molecule has 0 aliphatic rings. The molecule has 0 spiro atoms. The second kappa shape index (κ2) is 6.01. The average molecular weight is 226 g/mol. The van der Waals surface area contributed by atoms with E-state index in [9.17, 15) is 16.8 Å². The van der Waals surface area contributed by atoms with Crippen LogP contribution in [-0.2, 0) is 20.2 Å². The molecule has 2 N–H and O–H groups in total. The number of hydrogen-bond donors (Lipinski definition) is 2. The normalized spacial score (nSPS) is 12.2. The summed E-state index contributed by atoms with van der Waals surface area (Å²) in [6, 6.07) is 0. The van der Waals surface area contributed by atoms with E-state index in [4.69, 9.17) is 9.11 Å². The average Bonchev–Trinajstić information content (AvgIpc) is 1.76. The van der Waals surface area contributed by atoms with E-state index in [2.05, 4.69) is 0 Å². The van der Waals surface area contributed by atoms with Crippen LogP contribution >= 0.6 is 0 Å². The molecule has 0 aromatic rings. The van der Waals surface area contributed by atoms with Gasteiger partial charge < -0.3 is 0 Å². The molecule has 6 nitrogen and oxygen atoms in total. The van der Waals surface area contributed by atoms with Crippen molar-refractivity contribution in [2.24, 2.45) is 0 Å². The molecule has 76 valence electrons. The summed E-state index contributed by atoms with van der Waals surface area (Å²) < 4.78 is 56.8. The van der Waals surface area contributed by atoms with E-state index in [1.807, 2.05) is 0 Å². The van der Waals surface area contributed by atoms with Crippen LogP contribution in [-0.4, -0.2) is 56.3 Å². The number of unbranched alkanes of at least 4 members (excludes halogenated alkanes) is 1. The number of rotatable bonds is 5. The molecule has 9 heteroatoms. The molecule has 0 unspecified atom stereocenters. The molecule has 0 amide bonds. The van der Waals surface area contributed by atoms with Crippen molar-refractivity contribution in [1.82, 2.24) is 0 Å². The Balaban J connectivity index is 0. The van der Waals surface area contributed by atoms with Crippen LogP contribution in [0.1, 0.15) is 12.8 Å². The van der Waals surface area contributed by atoms with Crippen molar-refractivity contribution in [2.75, 3.05) is 11.5 Å². The Morgan fingerprint density at radius 2 is 1.00 bits per heavy atom. The predicted molar refractivity (Wildman–Crippen MR) is 49.2 cm³/mol. The Morgan fingerprint density at radius 1 is 0.769 bits per heavy atom. The van der Waals surface area contributed by atoms with Crippen molar-refractivity contribution in [3.8, 4) is 0 Å². The Kier molecular flexibility index (Phi) is 7.33. The number of hydrogen-bond acceptors (Lipinski definition) is 4. The van der Waals surface area contributed by atoms with Crippen LogP contribution in [0.15, 0.2) is 0 Å². The molecule has 0 rings (SSSR count). The summed E-state index contributed by atoms with van der Waals surface area (Å²) in [4.78, 5) is 0. The van der Waals surface area contributed by atoms with Crippen LogP contribution in [0.5, 0.6) is 0 Å². The zero-order valence-corrected chi connectivity index (χ0v) is 7.81. The van der Waals surface area contributed by atoms with Crippen LogP contribution in [0, 0.1) is 0 Å². The summed E-state index contributed by atoms with van der Waals surface area (Å²) >= 11 is 0. The third-order valence-corrected chi connectivity index (χ3v) is 2.66. The van der Waals surface area contributed by atoms with Gasteiger partial charge in [0.1, 0.15) is 0 Å². The van der Waals surface area contributed by atoms with E-state index in [1.54, 1.807) is 0 Å². The topological polar surface area (TPSA) is 109 Å². The van der Waals surface area contributed by atoms with Crippen LogP contribution in [0.3, 0.4) is 0 Å². The molecule has 0 radical (unpaired) electrons. The zero-order chi connectivity index (χ0) is 9.83. The van der Waals surface area contributed by atoms with E-state index >= 15 is 0 Å². The van der Waals surface area contributed by atoms with Gasteiger partial charge in [-0.3, -0.25) is 9.11 Å². The van der Waals surface area contributed by atoms with Crippen LogP contribution in [0.4, 0.5) is 0 Å². The van der Waals surface area contributed by atoms with Gasteiger partial charge in [-0.05, 0) is 12.8 Å². The Hall–Kier alpha value is 0.417. The minimum atomic E-state index is -4.02. The first kappa shape index (κ1) is 15.9. The molecule has 0 aliphatic heterocycles. The van der Waals surface area contributed by atoms with E-state index in [0.29, 0.717) is 0 Å². The Labute approximate surface area is 89.4 Å². The van der Waals surface area contributed by atoms with E-state index < -0.39 is 31.7 Å². The molecule has 0 bridgehead atoms. The Morgan fingerprint density at radius 3 is 1.15 bits per heavy atom. The molecule has 0 aliphatic carbocycles. The van der Waals surface area contributed by atoms with E-state index in [0.717, 1.165) is 0 Å². The predicted octanol–water partition coefficient (Wildman–Crippen LogP) is -1.11. The van der Waals surface area contributed by atoms with E-state index in [1.165, 1.54) is 0 Å². The quantitative estimate of drug-likeness (QED) is 0.349. The van der Waals surface area contributed by atoms with Gasteiger partial charge in [0.25, 0.3) is 20.2 Å². The second-order valence-electron chi connectivity index (χ2n) is 2.28. The summed E-state index contributed by atoms with van der Waals surface area (Å²) in [6.45, 7) is 0. The summed E-state index contributed by atoms with van der Waals surface area (Å²) in [5, 5.41) is 0. The third-order valence-electron chi connectivity index (χ3n) is 1.05. The molecular weight excluding hydrogens is 215 g/mol. The maximum absolute atomic E-state index is 10.1. The zero-order valence-electron chi connectivity index (χ0n) is 6.17. The molecule has 0 aromatic carbocycles. The van der Waals surface area contributed by atoms with Crippen molar-refractivity contribution < 1.29 is 25.9 Å². The maximum atomic E-state index is 10.1. The molecule has 0 aromatic heterocycles. The second-order valence-corrected chi connectivity index (χ2v) is 5.42. The standard InChI is InChI=1S/C4H10O6S2.Li.H/c5-11(6,7)3-1-2-4-12(8,9)10;;/h1-4H2,(H,5,6,7)(H,8,9,10);;. The van der Waals surface area contributed by atoms with Gasteiger partial charge in [-0.25, -0.2) is 0 Å². The third kappa shape index (κ3) is 15.2. The van der Waals surface area contributed by atoms with Crippen LogP contribution in [0.25, 0.3) is 0 Å². The van der Waals surface area contributed by atoms with Crippen molar-refractivity contribution in [3.63, 3.8) is 0 Å². The summed E-state index contributed by atoms with van der Waals surface area (Å²) in [5.74, 6) is -0.967.